The molecule has 3 aromatic rings. The van der Waals surface area contributed by atoms with E-state index in [4.69, 9.17) is 4.52 Å². The molecule has 1 aliphatic rings. The number of rotatable bonds is 5. The Balaban J connectivity index is 1.36. The standard InChI is InChI=1S/C18H19N5O2S/c24-17(10-14-4-2-8-26-14)23-7-1-3-13(12-23)9-16-21-18(22-25-16)15-11-19-5-6-20-15/h2,4-6,8,11,13H,1,3,7,9-10,12H2/t13-/m0/s1. The fourth-order valence-electron chi connectivity index (χ4n) is 3.24. The Labute approximate surface area is 155 Å². The van der Waals surface area contributed by atoms with E-state index in [1.54, 1.807) is 29.9 Å². The summed E-state index contributed by atoms with van der Waals surface area (Å²) in [4.78, 5) is 28.2. The van der Waals surface area contributed by atoms with Gasteiger partial charge in [-0.1, -0.05) is 11.2 Å². The summed E-state index contributed by atoms with van der Waals surface area (Å²) in [6, 6.07) is 3.99. The molecule has 0 aromatic carbocycles. The lowest BCUT2D eigenvalue weighted by Gasteiger charge is -2.32. The first-order chi connectivity index (χ1) is 12.8. The van der Waals surface area contributed by atoms with Crippen LogP contribution in [-0.2, 0) is 17.6 Å². The molecular weight excluding hydrogens is 350 g/mol. The van der Waals surface area contributed by atoms with Crippen molar-refractivity contribution in [1.29, 1.82) is 0 Å². The normalized spacial score (nSPS) is 17.4. The maximum atomic E-state index is 12.5. The molecule has 0 saturated carbocycles. The van der Waals surface area contributed by atoms with Crippen molar-refractivity contribution in [3.8, 4) is 11.5 Å². The molecule has 3 aromatic heterocycles. The van der Waals surface area contributed by atoms with Gasteiger partial charge in [0.05, 0.1) is 12.6 Å². The molecule has 1 amide bonds. The van der Waals surface area contributed by atoms with Gasteiger partial charge in [0, 0.05) is 36.8 Å². The van der Waals surface area contributed by atoms with Crippen molar-refractivity contribution >= 4 is 17.2 Å². The molecule has 0 unspecified atom stereocenters. The van der Waals surface area contributed by atoms with Crippen molar-refractivity contribution in [2.24, 2.45) is 5.92 Å². The van der Waals surface area contributed by atoms with Crippen LogP contribution < -0.4 is 0 Å². The zero-order valence-corrected chi connectivity index (χ0v) is 15.1. The second kappa shape index (κ2) is 7.74. The van der Waals surface area contributed by atoms with E-state index in [1.165, 1.54) is 0 Å². The molecule has 0 bridgehead atoms. The molecular formula is C18H19N5O2S. The quantitative estimate of drug-likeness (QED) is 0.687. The van der Waals surface area contributed by atoms with Crippen LogP contribution in [0.5, 0.6) is 0 Å². The molecule has 0 aliphatic carbocycles. The Morgan fingerprint density at radius 2 is 2.35 bits per heavy atom. The third kappa shape index (κ3) is 3.96. The number of thiophene rings is 1. The lowest BCUT2D eigenvalue weighted by atomic mass is 9.94. The molecule has 0 spiro atoms. The SMILES string of the molecule is O=C(Cc1cccs1)N1CCC[C@@H](Cc2nc(-c3cnccn3)no2)C1. The van der Waals surface area contributed by atoms with E-state index >= 15 is 0 Å². The first-order valence-electron chi connectivity index (χ1n) is 8.67. The van der Waals surface area contributed by atoms with Gasteiger partial charge in [0.15, 0.2) is 0 Å². The smallest absolute Gasteiger partial charge is 0.227 e. The van der Waals surface area contributed by atoms with Crippen LogP contribution in [0.3, 0.4) is 0 Å². The first kappa shape index (κ1) is 16.8. The molecule has 8 heteroatoms. The molecule has 0 radical (unpaired) electrons. The van der Waals surface area contributed by atoms with Crippen molar-refractivity contribution in [3.05, 3.63) is 46.9 Å². The highest BCUT2D eigenvalue weighted by Gasteiger charge is 2.25. The number of hydrogen-bond acceptors (Lipinski definition) is 7. The van der Waals surface area contributed by atoms with E-state index in [0.29, 0.717) is 36.2 Å². The Morgan fingerprint density at radius 3 is 3.15 bits per heavy atom. The van der Waals surface area contributed by atoms with E-state index in [-0.39, 0.29) is 5.91 Å². The van der Waals surface area contributed by atoms with Crippen molar-refractivity contribution < 1.29 is 9.32 Å². The van der Waals surface area contributed by atoms with Gasteiger partial charge in [-0.05, 0) is 30.2 Å². The fourth-order valence-corrected chi connectivity index (χ4v) is 3.93. The van der Waals surface area contributed by atoms with Crippen molar-refractivity contribution in [1.82, 2.24) is 25.0 Å². The van der Waals surface area contributed by atoms with Crippen LogP contribution in [0.4, 0.5) is 0 Å². The largest absolute Gasteiger partial charge is 0.342 e. The minimum absolute atomic E-state index is 0.197. The predicted octanol–water partition coefficient (Wildman–Crippen LogP) is 2.61. The van der Waals surface area contributed by atoms with E-state index in [2.05, 4.69) is 20.1 Å². The van der Waals surface area contributed by atoms with Crippen LogP contribution in [0, 0.1) is 5.92 Å². The van der Waals surface area contributed by atoms with E-state index < -0.39 is 0 Å². The summed E-state index contributed by atoms with van der Waals surface area (Å²) >= 11 is 1.63. The van der Waals surface area contributed by atoms with Gasteiger partial charge in [-0.3, -0.25) is 9.78 Å². The van der Waals surface area contributed by atoms with E-state index in [9.17, 15) is 4.79 Å². The molecule has 134 valence electrons. The van der Waals surface area contributed by atoms with Gasteiger partial charge >= 0.3 is 0 Å². The topological polar surface area (TPSA) is 85.0 Å². The molecule has 4 heterocycles. The molecule has 0 N–H and O–H groups in total. The Bertz CT molecular complexity index is 850. The van der Waals surface area contributed by atoms with Crippen LogP contribution >= 0.6 is 11.3 Å². The number of carbonyl (C=O) groups is 1. The zero-order chi connectivity index (χ0) is 17.8. The van der Waals surface area contributed by atoms with Crippen molar-refractivity contribution in [3.63, 3.8) is 0 Å². The van der Waals surface area contributed by atoms with Gasteiger partial charge in [-0.15, -0.1) is 11.3 Å². The van der Waals surface area contributed by atoms with E-state index in [0.717, 1.165) is 30.8 Å². The first-order valence-corrected chi connectivity index (χ1v) is 9.55. The van der Waals surface area contributed by atoms with Crippen molar-refractivity contribution in [2.45, 2.75) is 25.7 Å². The summed E-state index contributed by atoms with van der Waals surface area (Å²) in [7, 11) is 0. The number of aromatic nitrogens is 4. The number of carbonyl (C=O) groups excluding carboxylic acids is 1. The summed E-state index contributed by atoms with van der Waals surface area (Å²) in [5.74, 6) is 1.58. The van der Waals surface area contributed by atoms with Gasteiger partial charge in [-0.2, -0.15) is 4.98 Å². The summed E-state index contributed by atoms with van der Waals surface area (Å²) in [5.41, 5.74) is 0.596. The second-order valence-electron chi connectivity index (χ2n) is 6.41. The maximum Gasteiger partial charge on any atom is 0.227 e. The maximum absolute atomic E-state index is 12.5. The minimum Gasteiger partial charge on any atom is -0.342 e. The van der Waals surface area contributed by atoms with Gasteiger partial charge in [0.1, 0.15) is 5.69 Å². The number of hydrogen-bond donors (Lipinski definition) is 0. The highest BCUT2D eigenvalue weighted by molar-refractivity contribution is 7.10. The van der Waals surface area contributed by atoms with Crippen LogP contribution in [-0.4, -0.2) is 44.0 Å². The van der Waals surface area contributed by atoms with Crippen LogP contribution in [0.25, 0.3) is 11.5 Å². The Kier molecular flexibility index (Phi) is 5.01. The molecule has 1 aliphatic heterocycles. The lowest BCUT2D eigenvalue weighted by molar-refractivity contribution is -0.132. The average molecular weight is 369 g/mol. The highest BCUT2D eigenvalue weighted by atomic mass is 32.1. The Hall–Kier alpha value is -2.61. The third-order valence-electron chi connectivity index (χ3n) is 4.50. The monoisotopic (exact) mass is 369 g/mol. The van der Waals surface area contributed by atoms with Crippen LogP contribution in [0.15, 0.2) is 40.6 Å². The molecule has 1 saturated heterocycles. The van der Waals surface area contributed by atoms with Gasteiger partial charge in [-0.25, -0.2) is 4.98 Å². The predicted molar refractivity (Wildman–Crippen MR) is 96.4 cm³/mol. The zero-order valence-electron chi connectivity index (χ0n) is 14.2. The van der Waals surface area contributed by atoms with Crippen molar-refractivity contribution in [2.75, 3.05) is 13.1 Å². The van der Waals surface area contributed by atoms with Gasteiger partial charge < -0.3 is 9.42 Å². The second-order valence-corrected chi connectivity index (χ2v) is 7.44. The molecule has 7 nitrogen and oxygen atoms in total. The van der Waals surface area contributed by atoms with E-state index in [1.807, 2.05) is 22.4 Å². The number of likely N-dealkylation sites (tertiary alicyclic amines) is 1. The van der Waals surface area contributed by atoms with Crippen LogP contribution in [0.1, 0.15) is 23.6 Å². The summed E-state index contributed by atoms with van der Waals surface area (Å²) in [6.07, 6.45) is 8.05. The number of amides is 1. The number of nitrogens with zero attached hydrogens (tertiary/aromatic N) is 5. The molecule has 4 rings (SSSR count). The van der Waals surface area contributed by atoms with Gasteiger partial charge in [0.25, 0.3) is 0 Å². The van der Waals surface area contributed by atoms with Gasteiger partial charge in [0.2, 0.25) is 17.6 Å². The molecule has 26 heavy (non-hydrogen) atoms. The minimum atomic E-state index is 0.197. The lowest BCUT2D eigenvalue weighted by Crippen LogP contribution is -2.41. The molecule has 1 atom stereocenters. The number of piperidine rings is 1. The highest BCUT2D eigenvalue weighted by Crippen LogP contribution is 2.22. The summed E-state index contributed by atoms with van der Waals surface area (Å²) < 4.78 is 5.37. The summed E-state index contributed by atoms with van der Waals surface area (Å²) in [5, 5.41) is 5.99. The Morgan fingerprint density at radius 1 is 1.38 bits per heavy atom. The third-order valence-corrected chi connectivity index (χ3v) is 5.38. The summed E-state index contributed by atoms with van der Waals surface area (Å²) in [6.45, 7) is 1.57. The fraction of sp³-hybridized carbons (Fsp3) is 0.389. The average Bonchev–Trinajstić information content (AvgIpc) is 3.35. The van der Waals surface area contributed by atoms with Crippen LogP contribution in [0.2, 0.25) is 0 Å². The molecule has 1 fully saturated rings.